The lowest BCUT2D eigenvalue weighted by Gasteiger charge is -2.09. The van der Waals surface area contributed by atoms with Crippen LogP contribution in [0, 0.1) is 15.9 Å². The highest BCUT2D eigenvalue weighted by atomic mass is 19.1. The van der Waals surface area contributed by atoms with Crippen molar-refractivity contribution in [3.8, 4) is 11.3 Å². The van der Waals surface area contributed by atoms with Crippen molar-refractivity contribution in [2.75, 3.05) is 6.54 Å². The van der Waals surface area contributed by atoms with Gasteiger partial charge in [0, 0.05) is 24.2 Å². The molecule has 28 heavy (non-hydrogen) atoms. The third-order valence-electron chi connectivity index (χ3n) is 3.96. The van der Waals surface area contributed by atoms with Crippen LogP contribution in [0.3, 0.4) is 0 Å². The molecule has 0 spiro atoms. The summed E-state index contributed by atoms with van der Waals surface area (Å²) in [6, 6.07) is 14.1. The Kier molecular flexibility index (Phi) is 5.54. The topological polar surface area (TPSA) is 107 Å². The summed E-state index contributed by atoms with van der Waals surface area (Å²) < 4.78 is 14.2. The van der Waals surface area contributed by atoms with Gasteiger partial charge in [0.1, 0.15) is 11.4 Å². The molecular weight excluding hydrogens is 367 g/mol. The number of hydrogen-bond donors (Lipinski definition) is 1. The van der Waals surface area contributed by atoms with E-state index in [2.05, 4.69) is 10.4 Å². The average molecular weight is 382 g/mol. The molecule has 0 saturated carbocycles. The first-order valence-electron chi connectivity index (χ1n) is 8.31. The maximum atomic E-state index is 13.0. The zero-order valence-electron chi connectivity index (χ0n) is 14.5. The van der Waals surface area contributed by atoms with Crippen molar-refractivity contribution in [1.29, 1.82) is 0 Å². The number of carbonyl (C=O) groups is 1. The van der Waals surface area contributed by atoms with E-state index in [-0.39, 0.29) is 35.7 Å². The second-order valence-corrected chi connectivity index (χ2v) is 5.82. The van der Waals surface area contributed by atoms with Crippen molar-refractivity contribution in [3.63, 3.8) is 0 Å². The Bertz CT molecular complexity index is 1080. The molecular formula is C19H15FN4O4. The Morgan fingerprint density at radius 3 is 2.54 bits per heavy atom. The third-order valence-corrected chi connectivity index (χ3v) is 3.96. The number of nitrogens with one attached hydrogen (secondary N) is 1. The number of nitro benzene ring substituents is 1. The molecule has 8 nitrogen and oxygen atoms in total. The van der Waals surface area contributed by atoms with Crippen molar-refractivity contribution in [1.82, 2.24) is 15.1 Å². The minimum Gasteiger partial charge on any atom is -0.350 e. The molecule has 0 bridgehead atoms. The number of benzene rings is 2. The zero-order chi connectivity index (χ0) is 20.1. The first kappa shape index (κ1) is 18.9. The summed E-state index contributed by atoms with van der Waals surface area (Å²) in [4.78, 5) is 34.6. The lowest BCUT2D eigenvalue weighted by Crippen LogP contribution is -2.32. The number of hydrogen-bond acceptors (Lipinski definition) is 5. The van der Waals surface area contributed by atoms with Crippen LogP contribution in [-0.4, -0.2) is 27.2 Å². The van der Waals surface area contributed by atoms with Crippen LogP contribution >= 0.6 is 0 Å². The van der Waals surface area contributed by atoms with Crippen LogP contribution in [0.2, 0.25) is 0 Å². The molecule has 0 aliphatic carbocycles. The van der Waals surface area contributed by atoms with Gasteiger partial charge in [0.25, 0.3) is 17.2 Å². The Morgan fingerprint density at radius 2 is 1.82 bits per heavy atom. The molecule has 2 aromatic carbocycles. The van der Waals surface area contributed by atoms with E-state index in [9.17, 15) is 24.1 Å². The molecule has 1 N–H and O–H groups in total. The van der Waals surface area contributed by atoms with Crippen LogP contribution in [0.1, 0.15) is 10.4 Å². The van der Waals surface area contributed by atoms with Gasteiger partial charge in [-0.15, -0.1) is 0 Å². The summed E-state index contributed by atoms with van der Waals surface area (Å²) in [5.74, 6) is -0.996. The number of nitro groups is 1. The Balaban J connectivity index is 1.70. The number of para-hydroxylation sites is 1. The highest BCUT2D eigenvalue weighted by Crippen LogP contribution is 2.17. The Morgan fingerprint density at radius 1 is 1.11 bits per heavy atom. The Hall–Kier alpha value is -3.88. The fraction of sp³-hybridized carbons (Fsp3) is 0.105. The van der Waals surface area contributed by atoms with Gasteiger partial charge in [-0.2, -0.15) is 5.10 Å². The maximum Gasteiger partial charge on any atom is 0.282 e. The number of rotatable bonds is 6. The maximum absolute atomic E-state index is 13.0. The molecule has 0 unspecified atom stereocenters. The molecule has 0 aliphatic heterocycles. The molecule has 0 atom stereocenters. The fourth-order valence-corrected chi connectivity index (χ4v) is 2.58. The molecule has 0 saturated heterocycles. The molecule has 0 radical (unpaired) electrons. The number of nitrogens with zero attached hydrogens (tertiary/aromatic N) is 3. The van der Waals surface area contributed by atoms with Crippen molar-refractivity contribution < 1.29 is 14.1 Å². The smallest absolute Gasteiger partial charge is 0.282 e. The normalized spacial score (nSPS) is 10.5. The lowest BCUT2D eigenvalue weighted by atomic mass is 10.1. The van der Waals surface area contributed by atoms with E-state index in [1.54, 1.807) is 12.1 Å². The number of halogens is 1. The van der Waals surface area contributed by atoms with Crippen LogP contribution in [0.15, 0.2) is 65.5 Å². The van der Waals surface area contributed by atoms with Gasteiger partial charge in [0.2, 0.25) is 0 Å². The standard InChI is InChI=1S/C19H15FN4O4/c20-14-7-5-13(6-8-14)16-9-10-18(25)23(22-16)12-11-21-19(26)15-3-1-2-4-17(15)24(27)28/h1-10H,11-12H2,(H,21,26). The number of carbonyl (C=O) groups excluding carboxylic acids is 1. The highest BCUT2D eigenvalue weighted by Gasteiger charge is 2.18. The Labute approximate surface area is 158 Å². The molecule has 0 fully saturated rings. The van der Waals surface area contributed by atoms with E-state index < -0.39 is 10.8 Å². The van der Waals surface area contributed by atoms with E-state index in [1.807, 2.05) is 0 Å². The number of amides is 1. The van der Waals surface area contributed by atoms with Gasteiger partial charge in [-0.05, 0) is 36.4 Å². The lowest BCUT2D eigenvalue weighted by molar-refractivity contribution is -0.385. The monoisotopic (exact) mass is 382 g/mol. The average Bonchev–Trinajstić information content (AvgIpc) is 2.70. The van der Waals surface area contributed by atoms with E-state index in [0.717, 1.165) is 0 Å². The third kappa shape index (κ3) is 4.26. The van der Waals surface area contributed by atoms with Crippen LogP contribution in [0.5, 0.6) is 0 Å². The van der Waals surface area contributed by atoms with Crippen molar-refractivity contribution in [3.05, 3.63) is 92.5 Å². The summed E-state index contributed by atoms with van der Waals surface area (Å²) in [6.07, 6.45) is 0. The van der Waals surface area contributed by atoms with Gasteiger partial charge < -0.3 is 5.32 Å². The van der Waals surface area contributed by atoms with Gasteiger partial charge >= 0.3 is 0 Å². The molecule has 142 valence electrons. The molecule has 0 aliphatic rings. The van der Waals surface area contributed by atoms with Gasteiger partial charge in [0.15, 0.2) is 0 Å². The predicted octanol–water partition coefficient (Wildman–Crippen LogP) is 2.39. The first-order chi connectivity index (χ1) is 13.5. The van der Waals surface area contributed by atoms with Crippen molar-refractivity contribution >= 4 is 11.6 Å². The molecule has 3 aromatic rings. The summed E-state index contributed by atoms with van der Waals surface area (Å²) in [7, 11) is 0. The van der Waals surface area contributed by atoms with Gasteiger partial charge in [0.05, 0.1) is 17.2 Å². The molecule has 1 aromatic heterocycles. The highest BCUT2D eigenvalue weighted by molar-refractivity contribution is 5.98. The molecule has 9 heteroatoms. The van der Waals surface area contributed by atoms with Gasteiger partial charge in [-0.1, -0.05) is 12.1 Å². The van der Waals surface area contributed by atoms with E-state index >= 15 is 0 Å². The largest absolute Gasteiger partial charge is 0.350 e. The number of aromatic nitrogens is 2. The molecule has 1 amide bonds. The first-order valence-corrected chi connectivity index (χ1v) is 8.31. The van der Waals surface area contributed by atoms with E-state index in [0.29, 0.717) is 11.3 Å². The summed E-state index contributed by atoms with van der Waals surface area (Å²) in [6.45, 7) is 0.116. The summed E-state index contributed by atoms with van der Waals surface area (Å²) in [5, 5.41) is 17.8. The predicted molar refractivity (Wildman–Crippen MR) is 99.3 cm³/mol. The van der Waals surface area contributed by atoms with Gasteiger partial charge in [-0.25, -0.2) is 9.07 Å². The van der Waals surface area contributed by atoms with Crippen LogP contribution < -0.4 is 10.9 Å². The molecule has 3 rings (SSSR count). The van der Waals surface area contributed by atoms with Crippen LogP contribution in [0.25, 0.3) is 11.3 Å². The minimum atomic E-state index is -0.632. The minimum absolute atomic E-state index is 0.0463. The quantitative estimate of drug-likeness (QED) is 0.520. The molecule has 1 heterocycles. The van der Waals surface area contributed by atoms with Crippen molar-refractivity contribution in [2.24, 2.45) is 0 Å². The zero-order valence-corrected chi connectivity index (χ0v) is 14.5. The van der Waals surface area contributed by atoms with E-state index in [4.69, 9.17) is 0 Å². The van der Waals surface area contributed by atoms with Crippen LogP contribution in [-0.2, 0) is 6.54 Å². The van der Waals surface area contributed by atoms with Crippen LogP contribution in [0.4, 0.5) is 10.1 Å². The van der Waals surface area contributed by atoms with E-state index in [1.165, 1.54) is 53.2 Å². The SMILES string of the molecule is O=C(NCCn1nc(-c2ccc(F)cc2)ccc1=O)c1ccccc1[N+](=O)[O-]. The second kappa shape index (κ2) is 8.21. The summed E-state index contributed by atoms with van der Waals surface area (Å²) in [5.41, 5.74) is 0.385. The second-order valence-electron chi connectivity index (χ2n) is 5.82. The summed E-state index contributed by atoms with van der Waals surface area (Å²) >= 11 is 0. The van der Waals surface area contributed by atoms with Crippen molar-refractivity contribution in [2.45, 2.75) is 6.54 Å². The fourth-order valence-electron chi connectivity index (χ4n) is 2.58. The van der Waals surface area contributed by atoms with Gasteiger partial charge in [-0.3, -0.25) is 19.7 Å².